The fraction of sp³-hybridized carbons (Fsp3) is 0.817. The predicted molar refractivity (Wildman–Crippen MR) is 284 cm³/mol. The first-order chi connectivity index (χ1) is 32.5. The van der Waals surface area contributed by atoms with Gasteiger partial charge in [0.1, 0.15) is 13.2 Å². The van der Waals surface area contributed by atoms with Crippen molar-refractivity contribution in [2.45, 2.75) is 303 Å². The topological polar surface area (TPSA) is 78.9 Å². The second kappa shape index (κ2) is 55.0. The van der Waals surface area contributed by atoms with Crippen LogP contribution in [0.5, 0.6) is 0 Å². The molecule has 1 unspecified atom stereocenters. The van der Waals surface area contributed by atoms with Gasteiger partial charge in [-0.2, -0.15) is 0 Å². The number of allylic oxidation sites excluding steroid dienone is 8. The lowest BCUT2D eigenvalue weighted by molar-refractivity contribution is -0.167. The van der Waals surface area contributed by atoms with E-state index in [2.05, 4.69) is 69.4 Å². The third-order valence-corrected chi connectivity index (χ3v) is 12.6. The molecular formula is C60H108O6. The summed E-state index contributed by atoms with van der Waals surface area (Å²) < 4.78 is 16.9. The lowest BCUT2D eigenvalue weighted by Crippen LogP contribution is -2.30. The summed E-state index contributed by atoms with van der Waals surface area (Å²) in [5.41, 5.74) is 0. The Morgan fingerprint density at radius 2 is 0.591 bits per heavy atom. The van der Waals surface area contributed by atoms with Crippen molar-refractivity contribution in [3.8, 4) is 0 Å². The summed E-state index contributed by atoms with van der Waals surface area (Å²) in [6.45, 7) is 6.53. The smallest absolute Gasteiger partial charge is 0.306 e. The molecule has 0 N–H and O–H groups in total. The number of hydrogen-bond donors (Lipinski definition) is 0. The first-order valence-corrected chi connectivity index (χ1v) is 28.6. The van der Waals surface area contributed by atoms with Gasteiger partial charge in [-0.05, 0) is 77.0 Å². The van der Waals surface area contributed by atoms with Gasteiger partial charge in [-0.1, -0.05) is 249 Å². The van der Waals surface area contributed by atoms with Crippen molar-refractivity contribution in [3.63, 3.8) is 0 Å². The van der Waals surface area contributed by atoms with Gasteiger partial charge in [0.15, 0.2) is 6.10 Å². The van der Waals surface area contributed by atoms with Crippen LogP contribution in [0.2, 0.25) is 0 Å². The molecule has 0 aliphatic heterocycles. The summed E-state index contributed by atoms with van der Waals surface area (Å²) in [7, 11) is 0. The van der Waals surface area contributed by atoms with Crippen LogP contribution in [0.3, 0.4) is 0 Å². The molecule has 0 radical (unpaired) electrons. The maximum atomic E-state index is 12.8. The van der Waals surface area contributed by atoms with Crippen LogP contribution in [0.25, 0.3) is 0 Å². The Morgan fingerprint density at radius 3 is 0.955 bits per heavy atom. The highest BCUT2D eigenvalue weighted by atomic mass is 16.6. The van der Waals surface area contributed by atoms with Crippen LogP contribution >= 0.6 is 0 Å². The molecule has 0 aliphatic carbocycles. The fourth-order valence-electron chi connectivity index (χ4n) is 8.28. The SMILES string of the molecule is CC/C=C\C/C=C\C/C=C\CCCCCCCCCC(=O)OC(COC(=O)CCCCCCC/C=C\CCCCCC)COC(=O)CCCCCCCCCCCCCCCCCCCC. The Bertz CT molecular complexity index is 1150. The van der Waals surface area contributed by atoms with Gasteiger partial charge in [0, 0.05) is 19.3 Å². The number of carbonyl (C=O) groups is 3. The minimum Gasteiger partial charge on any atom is -0.462 e. The second-order valence-corrected chi connectivity index (χ2v) is 19.2. The van der Waals surface area contributed by atoms with E-state index in [9.17, 15) is 14.4 Å². The number of rotatable bonds is 52. The third-order valence-electron chi connectivity index (χ3n) is 12.6. The Hall–Kier alpha value is -2.63. The van der Waals surface area contributed by atoms with E-state index >= 15 is 0 Å². The van der Waals surface area contributed by atoms with Crippen molar-refractivity contribution in [2.24, 2.45) is 0 Å². The Balaban J connectivity index is 4.35. The van der Waals surface area contributed by atoms with Gasteiger partial charge in [-0.15, -0.1) is 0 Å². The molecule has 0 amide bonds. The molecule has 0 aromatic rings. The number of carbonyl (C=O) groups excluding carboxylic acids is 3. The molecule has 0 fully saturated rings. The van der Waals surface area contributed by atoms with Crippen LogP contribution in [-0.2, 0) is 28.6 Å². The Morgan fingerprint density at radius 1 is 0.318 bits per heavy atom. The zero-order valence-corrected chi connectivity index (χ0v) is 44.0. The van der Waals surface area contributed by atoms with Crippen LogP contribution in [0, 0.1) is 0 Å². The van der Waals surface area contributed by atoms with Crippen molar-refractivity contribution in [3.05, 3.63) is 48.6 Å². The highest BCUT2D eigenvalue weighted by Gasteiger charge is 2.19. The van der Waals surface area contributed by atoms with E-state index in [4.69, 9.17) is 14.2 Å². The first kappa shape index (κ1) is 63.4. The summed E-state index contributed by atoms with van der Waals surface area (Å²) in [6, 6.07) is 0. The minimum absolute atomic E-state index is 0.0768. The monoisotopic (exact) mass is 925 g/mol. The first-order valence-electron chi connectivity index (χ1n) is 28.6. The molecule has 0 spiro atoms. The van der Waals surface area contributed by atoms with Crippen molar-refractivity contribution in [1.29, 1.82) is 0 Å². The Kier molecular flexibility index (Phi) is 52.8. The zero-order chi connectivity index (χ0) is 47.9. The van der Waals surface area contributed by atoms with Gasteiger partial charge >= 0.3 is 17.9 Å². The number of unbranched alkanes of at least 4 members (excludes halogenated alkanes) is 33. The van der Waals surface area contributed by atoms with Crippen molar-refractivity contribution >= 4 is 17.9 Å². The molecule has 0 rings (SSSR count). The highest BCUT2D eigenvalue weighted by Crippen LogP contribution is 2.16. The number of esters is 3. The van der Waals surface area contributed by atoms with Crippen molar-refractivity contribution in [1.82, 2.24) is 0 Å². The van der Waals surface area contributed by atoms with E-state index in [1.165, 1.54) is 167 Å². The van der Waals surface area contributed by atoms with Gasteiger partial charge in [0.2, 0.25) is 0 Å². The summed E-state index contributed by atoms with van der Waals surface area (Å²) in [6.07, 6.45) is 66.7. The second-order valence-electron chi connectivity index (χ2n) is 19.2. The van der Waals surface area contributed by atoms with E-state index < -0.39 is 6.10 Å². The van der Waals surface area contributed by atoms with Gasteiger partial charge < -0.3 is 14.2 Å². The zero-order valence-electron chi connectivity index (χ0n) is 44.0. The van der Waals surface area contributed by atoms with E-state index in [1.807, 2.05) is 0 Å². The average molecular weight is 926 g/mol. The normalized spacial score (nSPS) is 12.3. The van der Waals surface area contributed by atoms with Crippen LogP contribution < -0.4 is 0 Å². The molecule has 0 saturated carbocycles. The Labute approximate surface area is 409 Å². The lowest BCUT2D eigenvalue weighted by Gasteiger charge is -2.18. The maximum absolute atomic E-state index is 12.8. The molecule has 1 atom stereocenters. The summed E-state index contributed by atoms with van der Waals surface area (Å²) in [5.74, 6) is -0.882. The molecule has 0 heterocycles. The molecule has 6 heteroatoms. The van der Waals surface area contributed by atoms with Gasteiger partial charge in [-0.3, -0.25) is 14.4 Å². The summed E-state index contributed by atoms with van der Waals surface area (Å²) >= 11 is 0. The summed E-state index contributed by atoms with van der Waals surface area (Å²) in [5, 5.41) is 0. The van der Waals surface area contributed by atoms with E-state index in [1.54, 1.807) is 0 Å². The summed E-state index contributed by atoms with van der Waals surface area (Å²) in [4.78, 5) is 38.1. The fourth-order valence-corrected chi connectivity index (χ4v) is 8.28. The van der Waals surface area contributed by atoms with E-state index in [-0.39, 0.29) is 31.1 Å². The van der Waals surface area contributed by atoms with E-state index in [0.717, 1.165) is 89.9 Å². The molecule has 6 nitrogen and oxygen atoms in total. The minimum atomic E-state index is -0.779. The molecule has 0 aromatic carbocycles. The maximum Gasteiger partial charge on any atom is 0.306 e. The molecule has 0 aromatic heterocycles. The quantitative estimate of drug-likeness (QED) is 0.0262. The van der Waals surface area contributed by atoms with Crippen molar-refractivity contribution in [2.75, 3.05) is 13.2 Å². The van der Waals surface area contributed by atoms with Gasteiger partial charge in [0.05, 0.1) is 0 Å². The highest BCUT2D eigenvalue weighted by molar-refractivity contribution is 5.71. The van der Waals surface area contributed by atoms with Gasteiger partial charge in [0.25, 0.3) is 0 Å². The predicted octanol–water partition coefficient (Wildman–Crippen LogP) is 19.0. The third kappa shape index (κ3) is 52.3. The van der Waals surface area contributed by atoms with Crippen LogP contribution in [0.4, 0.5) is 0 Å². The van der Waals surface area contributed by atoms with Crippen LogP contribution in [-0.4, -0.2) is 37.2 Å². The lowest BCUT2D eigenvalue weighted by atomic mass is 10.0. The standard InChI is InChI=1S/C60H108O6/c1-4-7-10-13-16-19-22-25-27-29-31-32-35-38-41-44-47-50-53-59(62)65-56-57(55-64-58(61)52-49-46-43-40-37-34-24-21-18-15-12-9-6-3)66-60(63)54-51-48-45-42-39-36-33-30-28-26-23-20-17-14-11-8-5-2/h8,11,17,20-21,24,26,28,57H,4-7,9-10,12-16,18-19,22-23,25,27,29-56H2,1-3H3/b11-8-,20-17-,24-21-,28-26-. The molecule has 384 valence electrons. The van der Waals surface area contributed by atoms with E-state index in [0.29, 0.717) is 19.3 Å². The van der Waals surface area contributed by atoms with Crippen molar-refractivity contribution < 1.29 is 28.6 Å². The number of ether oxygens (including phenoxy) is 3. The number of hydrogen-bond acceptors (Lipinski definition) is 6. The van der Waals surface area contributed by atoms with Gasteiger partial charge in [-0.25, -0.2) is 0 Å². The van der Waals surface area contributed by atoms with Crippen LogP contribution in [0.15, 0.2) is 48.6 Å². The molecule has 0 bridgehead atoms. The largest absolute Gasteiger partial charge is 0.462 e. The molecule has 0 aliphatic rings. The average Bonchev–Trinajstić information content (AvgIpc) is 3.31. The molecule has 66 heavy (non-hydrogen) atoms. The molecular weight excluding hydrogens is 817 g/mol. The van der Waals surface area contributed by atoms with Crippen LogP contribution in [0.1, 0.15) is 297 Å². The molecule has 0 saturated heterocycles.